The maximum absolute atomic E-state index is 10.3. The smallest absolute Gasteiger partial charge is 0.303 e. The molecule has 1 aliphatic carbocycles. The number of carboxylic acid groups (broad SMARTS) is 1. The van der Waals surface area contributed by atoms with Crippen LogP contribution in [0.15, 0.2) is 24.3 Å². The minimum absolute atomic E-state index is 0.291. The minimum Gasteiger partial charge on any atom is -0.481 e. The number of carbonyl (C=O) groups is 1. The van der Waals surface area contributed by atoms with Crippen molar-refractivity contribution < 1.29 is 9.90 Å². The highest BCUT2D eigenvalue weighted by molar-refractivity contribution is 5.66. The molecule has 0 amide bonds. The molecule has 0 aromatic carbocycles. The van der Waals surface area contributed by atoms with Gasteiger partial charge < -0.3 is 5.11 Å². The molecule has 0 aromatic rings. The zero-order chi connectivity index (χ0) is 13.1. The molecular formula is C16H26O2. The Morgan fingerprint density at radius 3 is 2.61 bits per heavy atom. The van der Waals surface area contributed by atoms with Gasteiger partial charge in [-0.05, 0) is 50.9 Å². The van der Waals surface area contributed by atoms with Gasteiger partial charge in [-0.1, -0.05) is 37.1 Å². The molecule has 1 N–H and O–H groups in total. The van der Waals surface area contributed by atoms with Crippen molar-refractivity contribution in [3.8, 4) is 0 Å². The Labute approximate surface area is 111 Å². The van der Waals surface area contributed by atoms with Crippen LogP contribution in [0.2, 0.25) is 0 Å². The van der Waals surface area contributed by atoms with Gasteiger partial charge in [0.15, 0.2) is 0 Å². The summed E-state index contributed by atoms with van der Waals surface area (Å²) in [7, 11) is 0. The molecule has 0 radical (unpaired) electrons. The third-order valence-electron chi connectivity index (χ3n) is 3.49. The van der Waals surface area contributed by atoms with E-state index >= 15 is 0 Å². The van der Waals surface area contributed by atoms with Crippen LogP contribution in [0, 0.1) is 5.92 Å². The lowest BCUT2D eigenvalue weighted by Gasteiger charge is -2.05. The molecule has 0 saturated carbocycles. The Morgan fingerprint density at radius 2 is 1.94 bits per heavy atom. The standard InChI is InChI=1S/C16H26O2/c17-16(18)14-8-6-4-2-1-3-5-7-11-15-12-9-10-13-15/h2,4,9,12,15H,1,3,5-8,10-11,13-14H2,(H,17,18). The van der Waals surface area contributed by atoms with Crippen molar-refractivity contribution in [2.75, 3.05) is 0 Å². The Hall–Kier alpha value is -1.05. The number of unbranched alkanes of at least 4 members (excludes halogenated alkanes) is 4. The van der Waals surface area contributed by atoms with E-state index in [2.05, 4.69) is 24.3 Å². The first-order chi connectivity index (χ1) is 8.79. The van der Waals surface area contributed by atoms with Gasteiger partial charge in [0, 0.05) is 6.42 Å². The summed E-state index contributed by atoms with van der Waals surface area (Å²) in [5, 5.41) is 8.47. The summed E-state index contributed by atoms with van der Waals surface area (Å²) < 4.78 is 0. The van der Waals surface area contributed by atoms with E-state index in [0.717, 1.165) is 25.2 Å². The van der Waals surface area contributed by atoms with Gasteiger partial charge in [-0.3, -0.25) is 4.79 Å². The van der Waals surface area contributed by atoms with E-state index in [1.165, 1.54) is 38.5 Å². The largest absolute Gasteiger partial charge is 0.481 e. The van der Waals surface area contributed by atoms with Gasteiger partial charge in [-0.2, -0.15) is 0 Å². The maximum Gasteiger partial charge on any atom is 0.303 e. The van der Waals surface area contributed by atoms with Gasteiger partial charge in [-0.25, -0.2) is 0 Å². The van der Waals surface area contributed by atoms with Crippen LogP contribution < -0.4 is 0 Å². The van der Waals surface area contributed by atoms with Crippen molar-refractivity contribution in [1.82, 2.24) is 0 Å². The molecule has 0 aromatic heterocycles. The van der Waals surface area contributed by atoms with Crippen LogP contribution in [-0.2, 0) is 4.79 Å². The van der Waals surface area contributed by atoms with E-state index in [1.807, 2.05) is 0 Å². The highest BCUT2D eigenvalue weighted by Crippen LogP contribution is 2.22. The molecule has 1 atom stereocenters. The first kappa shape index (κ1) is 15.0. The van der Waals surface area contributed by atoms with E-state index in [1.54, 1.807) is 0 Å². The van der Waals surface area contributed by atoms with Crippen LogP contribution >= 0.6 is 0 Å². The first-order valence-electron chi connectivity index (χ1n) is 7.32. The third-order valence-corrected chi connectivity index (χ3v) is 3.49. The van der Waals surface area contributed by atoms with Gasteiger partial charge in [0.05, 0.1) is 0 Å². The average Bonchev–Trinajstić information content (AvgIpc) is 2.84. The summed E-state index contributed by atoms with van der Waals surface area (Å²) >= 11 is 0. The topological polar surface area (TPSA) is 37.3 Å². The molecule has 0 fully saturated rings. The molecule has 18 heavy (non-hydrogen) atoms. The summed E-state index contributed by atoms with van der Waals surface area (Å²) in [6.45, 7) is 0. The van der Waals surface area contributed by atoms with Gasteiger partial charge >= 0.3 is 5.97 Å². The van der Waals surface area contributed by atoms with Crippen molar-refractivity contribution in [2.45, 2.75) is 64.2 Å². The van der Waals surface area contributed by atoms with Crippen LogP contribution in [0.3, 0.4) is 0 Å². The highest BCUT2D eigenvalue weighted by atomic mass is 16.4. The summed E-state index contributed by atoms with van der Waals surface area (Å²) in [6, 6.07) is 0. The Bertz CT molecular complexity index is 279. The van der Waals surface area contributed by atoms with Crippen molar-refractivity contribution in [2.24, 2.45) is 5.92 Å². The first-order valence-corrected chi connectivity index (χ1v) is 7.32. The number of aliphatic carboxylic acids is 1. The van der Waals surface area contributed by atoms with Crippen molar-refractivity contribution >= 4 is 5.97 Å². The van der Waals surface area contributed by atoms with Gasteiger partial charge in [-0.15, -0.1) is 0 Å². The summed E-state index contributed by atoms with van der Waals surface area (Å²) in [4.78, 5) is 10.3. The summed E-state index contributed by atoms with van der Waals surface area (Å²) in [5.41, 5.74) is 0. The number of carboxylic acids is 1. The zero-order valence-electron chi connectivity index (χ0n) is 11.3. The SMILES string of the molecule is O=C(O)CCCC=CCCCCCC1C=CCC1. The lowest BCUT2D eigenvalue weighted by Crippen LogP contribution is -1.92. The van der Waals surface area contributed by atoms with Crippen LogP contribution in [0.1, 0.15) is 64.2 Å². The molecular weight excluding hydrogens is 224 g/mol. The van der Waals surface area contributed by atoms with Gasteiger partial charge in [0.2, 0.25) is 0 Å². The second-order valence-corrected chi connectivity index (χ2v) is 5.16. The predicted octanol–water partition coefficient (Wildman–Crippen LogP) is 4.71. The predicted molar refractivity (Wildman–Crippen MR) is 75.6 cm³/mol. The molecule has 2 heteroatoms. The molecule has 0 aliphatic heterocycles. The van der Waals surface area contributed by atoms with Crippen molar-refractivity contribution in [1.29, 1.82) is 0 Å². The Kier molecular flexibility index (Phi) is 8.28. The van der Waals surface area contributed by atoms with Crippen molar-refractivity contribution in [3.63, 3.8) is 0 Å². The van der Waals surface area contributed by atoms with Crippen LogP contribution in [-0.4, -0.2) is 11.1 Å². The molecule has 1 aliphatic rings. The number of hydrogen-bond acceptors (Lipinski definition) is 1. The van der Waals surface area contributed by atoms with Gasteiger partial charge in [0.25, 0.3) is 0 Å². The number of allylic oxidation sites excluding steroid dienone is 4. The lowest BCUT2D eigenvalue weighted by molar-refractivity contribution is -0.137. The van der Waals surface area contributed by atoms with Crippen LogP contribution in [0.5, 0.6) is 0 Å². The molecule has 0 spiro atoms. The van der Waals surface area contributed by atoms with E-state index < -0.39 is 5.97 Å². The van der Waals surface area contributed by atoms with Crippen LogP contribution in [0.4, 0.5) is 0 Å². The lowest BCUT2D eigenvalue weighted by atomic mass is 10.0. The number of hydrogen-bond donors (Lipinski definition) is 1. The minimum atomic E-state index is -0.690. The molecule has 0 heterocycles. The molecule has 102 valence electrons. The van der Waals surface area contributed by atoms with E-state index in [9.17, 15) is 4.79 Å². The molecule has 2 nitrogen and oxygen atoms in total. The normalized spacial score (nSPS) is 18.8. The fourth-order valence-electron chi connectivity index (χ4n) is 2.39. The molecule has 0 saturated heterocycles. The monoisotopic (exact) mass is 250 g/mol. The summed E-state index contributed by atoms with van der Waals surface area (Å²) in [6.07, 6.45) is 20.1. The Balaban J connectivity index is 1.81. The maximum atomic E-state index is 10.3. The second kappa shape index (κ2) is 9.93. The molecule has 0 bridgehead atoms. The number of rotatable bonds is 10. The average molecular weight is 250 g/mol. The fourth-order valence-corrected chi connectivity index (χ4v) is 2.39. The zero-order valence-corrected chi connectivity index (χ0v) is 11.3. The van der Waals surface area contributed by atoms with E-state index in [0.29, 0.717) is 6.42 Å². The Morgan fingerprint density at radius 1 is 1.17 bits per heavy atom. The quantitative estimate of drug-likeness (QED) is 0.450. The van der Waals surface area contributed by atoms with E-state index in [-0.39, 0.29) is 0 Å². The third kappa shape index (κ3) is 8.10. The van der Waals surface area contributed by atoms with Crippen molar-refractivity contribution in [3.05, 3.63) is 24.3 Å². The van der Waals surface area contributed by atoms with Crippen LogP contribution in [0.25, 0.3) is 0 Å². The van der Waals surface area contributed by atoms with Gasteiger partial charge in [0.1, 0.15) is 0 Å². The fraction of sp³-hybridized carbons (Fsp3) is 0.688. The van der Waals surface area contributed by atoms with E-state index in [4.69, 9.17) is 5.11 Å². The molecule has 1 rings (SSSR count). The summed E-state index contributed by atoms with van der Waals surface area (Å²) in [5.74, 6) is 0.168. The highest BCUT2D eigenvalue weighted by Gasteiger charge is 2.07. The molecule has 1 unspecified atom stereocenters. The second-order valence-electron chi connectivity index (χ2n) is 5.16.